The van der Waals surface area contributed by atoms with Crippen LogP contribution in [0.5, 0.6) is 0 Å². The number of nitrogens with zero attached hydrogens (tertiary/aromatic N) is 3. The number of hydrogen-bond acceptors (Lipinski definition) is 5. The van der Waals surface area contributed by atoms with Gasteiger partial charge in [0.1, 0.15) is 22.3 Å². The second-order valence-electron chi connectivity index (χ2n) is 15.9. The lowest BCUT2D eigenvalue weighted by Gasteiger charge is -2.11. The minimum Gasteiger partial charge on any atom is -0.456 e. The monoisotopic (exact) mass is 791 g/mol. The van der Waals surface area contributed by atoms with Gasteiger partial charge in [-0.05, 0) is 91.5 Å². The zero-order valence-electron chi connectivity index (χ0n) is 33.2. The van der Waals surface area contributed by atoms with E-state index in [0.717, 1.165) is 98.8 Å². The maximum atomic E-state index is 6.77. The highest BCUT2D eigenvalue weighted by Gasteiger charge is 2.21. The average Bonchev–Trinajstić information content (AvgIpc) is 3.93. The first kappa shape index (κ1) is 34.5. The zero-order chi connectivity index (χ0) is 40.7. The largest absolute Gasteiger partial charge is 0.456 e. The Kier molecular flexibility index (Phi) is 7.54. The maximum absolute atomic E-state index is 6.77. The molecule has 0 saturated carbocycles. The Labute approximate surface area is 355 Å². The molecule has 0 spiro atoms. The fourth-order valence-corrected chi connectivity index (χ4v) is 9.26. The molecule has 288 valence electrons. The third-order valence-corrected chi connectivity index (χ3v) is 12.3. The minimum atomic E-state index is 0.573. The molecule has 62 heavy (non-hydrogen) atoms. The zero-order valence-corrected chi connectivity index (χ0v) is 33.2. The predicted octanol–water partition coefficient (Wildman–Crippen LogP) is 15.5. The summed E-state index contributed by atoms with van der Waals surface area (Å²) < 4.78 is 13.0. The Morgan fingerprint density at radius 3 is 1.73 bits per heavy atom. The van der Waals surface area contributed by atoms with Crippen molar-refractivity contribution in [1.29, 1.82) is 0 Å². The fraction of sp³-hybridized carbons (Fsp3) is 0. The van der Waals surface area contributed by atoms with Crippen molar-refractivity contribution in [3.63, 3.8) is 0 Å². The van der Waals surface area contributed by atoms with Gasteiger partial charge in [-0.1, -0.05) is 158 Å². The Hall–Kier alpha value is -8.41. The molecule has 0 amide bonds. The summed E-state index contributed by atoms with van der Waals surface area (Å²) in [6.07, 6.45) is 0. The molecule has 10 aromatic carbocycles. The highest BCUT2D eigenvalue weighted by Crippen LogP contribution is 2.42. The predicted molar refractivity (Wildman–Crippen MR) is 254 cm³/mol. The van der Waals surface area contributed by atoms with E-state index in [1.165, 1.54) is 16.3 Å². The fourth-order valence-electron chi connectivity index (χ4n) is 9.26. The van der Waals surface area contributed by atoms with Crippen LogP contribution in [0.3, 0.4) is 0 Å². The van der Waals surface area contributed by atoms with Gasteiger partial charge in [-0.2, -0.15) is 0 Å². The van der Waals surface area contributed by atoms with Crippen LogP contribution in [0.1, 0.15) is 0 Å². The first-order valence-corrected chi connectivity index (χ1v) is 20.8. The standard InChI is InChI=1S/C57H33N3O2/c1-2-10-34(11-3-1)38-23-20-36-22-25-41(33-43(36)31-38)55-58-56(42-26-28-44-39(32-42)27-29-51-52(44)46-14-6-7-18-49(46)61-51)60-57(59-55)48-17-9-19-50-53(48)47-16-8-15-45(54(47)62-50)40-24-21-35-12-4-5-13-37(35)30-40/h1-33H. The maximum Gasteiger partial charge on any atom is 0.164 e. The molecule has 0 atom stereocenters. The van der Waals surface area contributed by atoms with E-state index in [2.05, 4.69) is 170 Å². The van der Waals surface area contributed by atoms with Crippen LogP contribution in [-0.2, 0) is 0 Å². The SMILES string of the molecule is c1ccc(-c2ccc3ccc(-c4nc(-c5ccc6c(ccc7oc8ccccc8c76)c5)nc(-c5cccc6oc7c(-c8ccc9ccccc9c8)cccc7c56)n4)cc3c2)cc1. The molecule has 0 N–H and O–H groups in total. The molecular formula is C57H33N3O2. The number of aromatic nitrogens is 3. The Morgan fingerprint density at radius 1 is 0.274 bits per heavy atom. The van der Waals surface area contributed by atoms with Gasteiger partial charge in [0.2, 0.25) is 0 Å². The lowest BCUT2D eigenvalue weighted by Crippen LogP contribution is -2.00. The number of rotatable bonds is 5. The van der Waals surface area contributed by atoms with Crippen molar-refractivity contribution >= 4 is 76.2 Å². The molecule has 0 aliphatic carbocycles. The van der Waals surface area contributed by atoms with Crippen LogP contribution >= 0.6 is 0 Å². The van der Waals surface area contributed by atoms with Crippen LogP contribution in [0.25, 0.3) is 133 Å². The summed E-state index contributed by atoms with van der Waals surface area (Å²) in [4.78, 5) is 15.8. The molecule has 3 aromatic heterocycles. The van der Waals surface area contributed by atoms with Gasteiger partial charge in [0.15, 0.2) is 17.5 Å². The Bertz CT molecular complexity index is 3940. The van der Waals surface area contributed by atoms with Gasteiger partial charge in [-0.25, -0.2) is 15.0 Å². The van der Waals surface area contributed by atoms with Crippen LogP contribution in [0.2, 0.25) is 0 Å². The van der Waals surface area contributed by atoms with Gasteiger partial charge in [-0.15, -0.1) is 0 Å². The van der Waals surface area contributed by atoms with Crippen LogP contribution in [-0.4, -0.2) is 15.0 Å². The van der Waals surface area contributed by atoms with Crippen molar-refractivity contribution in [3.8, 4) is 56.4 Å². The van der Waals surface area contributed by atoms with Crippen molar-refractivity contribution in [3.05, 3.63) is 200 Å². The first-order valence-electron chi connectivity index (χ1n) is 20.8. The molecule has 13 aromatic rings. The third kappa shape index (κ3) is 5.52. The van der Waals surface area contributed by atoms with Gasteiger partial charge in [0.05, 0.1) is 0 Å². The number of hydrogen-bond donors (Lipinski definition) is 0. The topological polar surface area (TPSA) is 65.0 Å². The van der Waals surface area contributed by atoms with Crippen molar-refractivity contribution < 1.29 is 8.83 Å². The van der Waals surface area contributed by atoms with E-state index in [-0.39, 0.29) is 0 Å². The van der Waals surface area contributed by atoms with Gasteiger partial charge < -0.3 is 8.83 Å². The van der Waals surface area contributed by atoms with E-state index in [1.54, 1.807) is 0 Å². The molecule has 5 heteroatoms. The van der Waals surface area contributed by atoms with Crippen LogP contribution in [0.4, 0.5) is 0 Å². The molecule has 0 aliphatic rings. The van der Waals surface area contributed by atoms with Gasteiger partial charge >= 0.3 is 0 Å². The van der Waals surface area contributed by atoms with Crippen LogP contribution < -0.4 is 0 Å². The number of fused-ring (bicyclic) bond motifs is 10. The van der Waals surface area contributed by atoms with E-state index in [4.69, 9.17) is 23.8 Å². The lowest BCUT2D eigenvalue weighted by molar-refractivity contribution is 0.669. The summed E-state index contributed by atoms with van der Waals surface area (Å²) in [6.45, 7) is 0. The second-order valence-corrected chi connectivity index (χ2v) is 15.9. The number of benzene rings is 10. The van der Waals surface area contributed by atoms with Crippen molar-refractivity contribution in [1.82, 2.24) is 15.0 Å². The first-order chi connectivity index (χ1) is 30.7. The highest BCUT2D eigenvalue weighted by molar-refractivity contribution is 6.19. The Morgan fingerprint density at radius 2 is 0.855 bits per heavy atom. The van der Waals surface area contributed by atoms with Gasteiger partial charge in [-0.3, -0.25) is 0 Å². The molecule has 0 unspecified atom stereocenters. The van der Waals surface area contributed by atoms with E-state index in [1.807, 2.05) is 30.3 Å². The molecule has 13 rings (SSSR count). The molecule has 0 saturated heterocycles. The average molecular weight is 792 g/mol. The van der Waals surface area contributed by atoms with Crippen molar-refractivity contribution in [2.75, 3.05) is 0 Å². The summed E-state index contributed by atoms with van der Waals surface area (Å²) in [5.41, 5.74) is 10.5. The van der Waals surface area contributed by atoms with Crippen LogP contribution in [0, 0.1) is 0 Å². The normalized spacial score (nSPS) is 11.9. The van der Waals surface area contributed by atoms with Crippen LogP contribution in [0.15, 0.2) is 209 Å². The molecule has 3 heterocycles. The summed E-state index contributed by atoms with van der Waals surface area (Å²) in [7, 11) is 0. The van der Waals surface area contributed by atoms with Gasteiger partial charge in [0.25, 0.3) is 0 Å². The third-order valence-electron chi connectivity index (χ3n) is 12.3. The summed E-state index contributed by atoms with van der Waals surface area (Å²) >= 11 is 0. The molecule has 0 aliphatic heterocycles. The van der Waals surface area contributed by atoms with Gasteiger partial charge in [0, 0.05) is 43.8 Å². The Balaban J connectivity index is 1.02. The molecule has 0 fully saturated rings. The molecule has 0 radical (unpaired) electrons. The van der Waals surface area contributed by atoms with E-state index >= 15 is 0 Å². The lowest BCUT2D eigenvalue weighted by atomic mass is 9.98. The second kappa shape index (κ2) is 13.6. The molecule has 5 nitrogen and oxygen atoms in total. The van der Waals surface area contributed by atoms with E-state index in [9.17, 15) is 0 Å². The van der Waals surface area contributed by atoms with Crippen molar-refractivity contribution in [2.45, 2.75) is 0 Å². The molecule has 0 bridgehead atoms. The highest BCUT2D eigenvalue weighted by atomic mass is 16.3. The summed E-state index contributed by atoms with van der Waals surface area (Å²) in [5.74, 6) is 1.75. The van der Waals surface area contributed by atoms with Crippen molar-refractivity contribution in [2.24, 2.45) is 0 Å². The van der Waals surface area contributed by atoms with E-state index in [0.29, 0.717) is 17.5 Å². The minimum absolute atomic E-state index is 0.573. The quantitative estimate of drug-likeness (QED) is 0.174. The smallest absolute Gasteiger partial charge is 0.164 e. The summed E-state index contributed by atoms with van der Waals surface area (Å²) in [6, 6.07) is 69.9. The molecular weight excluding hydrogens is 759 g/mol. The number of para-hydroxylation sites is 2. The van der Waals surface area contributed by atoms with E-state index < -0.39 is 0 Å². The summed E-state index contributed by atoms with van der Waals surface area (Å²) in [5, 5.41) is 11.0. The number of furan rings is 2.